The Morgan fingerprint density at radius 3 is 2.75 bits per heavy atom. The summed E-state index contributed by atoms with van der Waals surface area (Å²) in [6.45, 7) is 2.15. The van der Waals surface area contributed by atoms with E-state index in [9.17, 15) is 4.79 Å². The van der Waals surface area contributed by atoms with Crippen LogP contribution in [-0.2, 0) is 12.8 Å². The van der Waals surface area contributed by atoms with E-state index in [1.165, 1.54) is 15.8 Å². The van der Waals surface area contributed by atoms with E-state index in [1.807, 2.05) is 18.3 Å². The minimum atomic E-state index is -0.0329. The van der Waals surface area contributed by atoms with Crippen molar-refractivity contribution in [2.45, 2.75) is 32.1 Å². The van der Waals surface area contributed by atoms with E-state index in [0.717, 1.165) is 30.4 Å². The number of fused-ring (bicyclic) bond motifs is 1. The molecule has 0 N–H and O–H groups in total. The molecule has 24 heavy (non-hydrogen) atoms. The molecule has 4 rings (SSSR count). The molecule has 120 valence electrons. The molecule has 1 atom stereocenters. The monoisotopic (exact) mass is 317 g/mol. The molecule has 2 aromatic heterocycles. The molecule has 1 unspecified atom stereocenters. The summed E-state index contributed by atoms with van der Waals surface area (Å²) in [5, 5.41) is 4.35. The van der Waals surface area contributed by atoms with Crippen LogP contribution in [0.1, 0.15) is 34.6 Å². The number of hydrogen-bond acceptors (Lipinski definition) is 3. The normalized spacial score (nSPS) is 16.6. The van der Waals surface area contributed by atoms with E-state index in [-0.39, 0.29) is 5.56 Å². The van der Waals surface area contributed by atoms with Gasteiger partial charge in [0.1, 0.15) is 0 Å². The lowest BCUT2D eigenvalue weighted by Gasteiger charge is -2.25. The second kappa shape index (κ2) is 6.04. The Labute approximate surface area is 140 Å². The van der Waals surface area contributed by atoms with Crippen LogP contribution in [0, 0.1) is 6.92 Å². The zero-order chi connectivity index (χ0) is 16.5. The Bertz CT molecular complexity index is 931. The number of nitrogens with zero attached hydrogens (tertiary/aromatic N) is 3. The smallest absolute Gasteiger partial charge is 0.267 e. The summed E-state index contributed by atoms with van der Waals surface area (Å²) in [6, 6.07) is 14.0. The number of rotatable bonds is 2. The number of hydrogen-bond donors (Lipinski definition) is 0. The molecule has 0 saturated heterocycles. The number of aryl methyl sites for hydroxylation is 1. The van der Waals surface area contributed by atoms with Crippen molar-refractivity contribution >= 4 is 0 Å². The average molecular weight is 317 g/mol. The fourth-order valence-corrected chi connectivity index (χ4v) is 3.60. The molecule has 0 saturated carbocycles. The molecule has 0 spiro atoms. The summed E-state index contributed by atoms with van der Waals surface area (Å²) in [7, 11) is 0. The van der Waals surface area contributed by atoms with Crippen LogP contribution in [0.3, 0.4) is 0 Å². The first-order chi connectivity index (χ1) is 11.7. The highest BCUT2D eigenvalue weighted by atomic mass is 16.1. The van der Waals surface area contributed by atoms with Gasteiger partial charge in [-0.15, -0.1) is 0 Å². The molecule has 0 bridgehead atoms. The van der Waals surface area contributed by atoms with Crippen molar-refractivity contribution in [1.29, 1.82) is 0 Å². The fraction of sp³-hybridized carbons (Fsp3) is 0.250. The molecular formula is C20H19N3O. The van der Waals surface area contributed by atoms with E-state index in [2.05, 4.69) is 41.3 Å². The van der Waals surface area contributed by atoms with Gasteiger partial charge in [0.2, 0.25) is 0 Å². The van der Waals surface area contributed by atoms with E-state index >= 15 is 0 Å². The lowest BCUT2D eigenvalue weighted by atomic mass is 9.80. The second-order valence-corrected chi connectivity index (χ2v) is 6.35. The SMILES string of the molecule is Cc1ccccc1C1CCc2c(cnn(-c3ccccn3)c2=O)C1. The van der Waals surface area contributed by atoms with Crippen LogP contribution >= 0.6 is 0 Å². The van der Waals surface area contributed by atoms with E-state index in [1.54, 1.807) is 12.3 Å². The lowest BCUT2D eigenvalue weighted by molar-refractivity contribution is 0.565. The van der Waals surface area contributed by atoms with Crippen molar-refractivity contribution < 1.29 is 0 Å². The maximum atomic E-state index is 12.8. The van der Waals surface area contributed by atoms with Crippen LogP contribution in [0.5, 0.6) is 0 Å². The minimum Gasteiger partial charge on any atom is -0.267 e. The van der Waals surface area contributed by atoms with Crippen LogP contribution in [0.4, 0.5) is 0 Å². The Hall–Kier alpha value is -2.75. The highest BCUT2D eigenvalue weighted by Crippen LogP contribution is 2.32. The van der Waals surface area contributed by atoms with Crippen molar-refractivity contribution in [3.8, 4) is 5.82 Å². The molecule has 0 amide bonds. The molecule has 0 fully saturated rings. The summed E-state index contributed by atoms with van der Waals surface area (Å²) in [5.74, 6) is 1.04. The van der Waals surface area contributed by atoms with Crippen molar-refractivity contribution in [2.24, 2.45) is 0 Å². The Morgan fingerprint density at radius 1 is 1.12 bits per heavy atom. The maximum absolute atomic E-state index is 12.8. The molecule has 4 nitrogen and oxygen atoms in total. The fourth-order valence-electron chi connectivity index (χ4n) is 3.60. The van der Waals surface area contributed by atoms with Crippen LogP contribution in [-0.4, -0.2) is 14.8 Å². The van der Waals surface area contributed by atoms with Gasteiger partial charge in [0.25, 0.3) is 5.56 Å². The Balaban J connectivity index is 1.71. The molecule has 0 aliphatic heterocycles. The van der Waals surface area contributed by atoms with Gasteiger partial charge in [-0.05, 0) is 60.9 Å². The highest BCUT2D eigenvalue weighted by molar-refractivity contribution is 5.35. The quantitative estimate of drug-likeness (QED) is 0.729. The topological polar surface area (TPSA) is 47.8 Å². The van der Waals surface area contributed by atoms with Gasteiger partial charge in [0, 0.05) is 11.8 Å². The van der Waals surface area contributed by atoms with Crippen LogP contribution in [0.2, 0.25) is 0 Å². The Kier molecular flexibility index (Phi) is 3.73. The summed E-state index contributed by atoms with van der Waals surface area (Å²) < 4.78 is 1.41. The van der Waals surface area contributed by atoms with Gasteiger partial charge in [-0.25, -0.2) is 4.98 Å². The van der Waals surface area contributed by atoms with E-state index in [0.29, 0.717) is 11.7 Å². The van der Waals surface area contributed by atoms with E-state index in [4.69, 9.17) is 0 Å². The molecule has 1 aliphatic rings. The maximum Gasteiger partial charge on any atom is 0.276 e. The highest BCUT2D eigenvalue weighted by Gasteiger charge is 2.24. The Morgan fingerprint density at radius 2 is 1.96 bits per heavy atom. The van der Waals surface area contributed by atoms with E-state index < -0.39 is 0 Å². The lowest BCUT2D eigenvalue weighted by Crippen LogP contribution is -2.30. The molecule has 4 heteroatoms. The van der Waals surface area contributed by atoms with Gasteiger partial charge < -0.3 is 0 Å². The third-order valence-electron chi connectivity index (χ3n) is 4.87. The second-order valence-electron chi connectivity index (χ2n) is 6.35. The zero-order valence-corrected chi connectivity index (χ0v) is 13.6. The predicted octanol–water partition coefficient (Wildman–Crippen LogP) is 3.21. The standard InChI is InChI=1S/C20H19N3O/c1-14-6-2-3-7-17(14)15-9-10-18-16(12-15)13-22-23(20(18)24)19-8-4-5-11-21-19/h2-8,11,13,15H,9-10,12H2,1H3. The average Bonchev–Trinajstić information content (AvgIpc) is 2.63. The summed E-state index contributed by atoms with van der Waals surface area (Å²) in [5.41, 5.74) is 4.64. The molecule has 3 aromatic rings. The van der Waals surface area contributed by atoms with Gasteiger partial charge in [0.05, 0.1) is 6.20 Å². The first kappa shape index (κ1) is 14.8. The van der Waals surface area contributed by atoms with Gasteiger partial charge in [-0.3, -0.25) is 4.79 Å². The molecule has 1 aliphatic carbocycles. The van der Waals surface area contributed by atoms with Crippen LogP contribution in [0.25, 0.3) is 5.82 Å². The van der Waals surface area contributed by atoms with Crippen LogP contribution < -0.4 is 5.56 Å². The third kappa shape index (κ3) is 2.54. The minimum absolute atomic E-state index is 0.0329. The first-order valence-electron chi connectivity index (χ1n) is 8.31. The molecular weight excluding hydrogens is 298 g/mol. The van der Waals surface area contributed by atoms with Crippen molar-refractivity contribution in [2.75, 3.05) is 0 Å². The number of pyridine rings is 1. The summed E-state index contributed by atoms with van der Waals surface area (Å²) in [4.78, 5) is 17.0. The number of aromatic nitrogens is 3. The zero-order valence-electron chi connectivity index (χ0n) is 13.6. The van der Waals surface area contributed by atoms with Crippen molar-refractivity contribution in [1.82, 2.24) is 14.8 Å². The molecule has 0 radical (unpaired) electrons. The van der Waals surface area contributed by atoms with Crippen LogP contribution in [0.15, 0.2) is 59.7 Å². The summed E-state index contributed by atoms with van der Waals surface area (Å²) >= 11 is 0. The van der Waals surface area contributed by atoms with Gasteiger partial charge >= 0.3 is 0 Å². The van der Waals surface area contributed by atoms with Gasteiger partial charge in [-0.1, -0.05) is 30.3 Å². The first-order valence-corrected chi connectivity index (χ1v) is 8.31. The van der Waals surface area contributed by atoms with Gasteiger partial charge in [0.15, 0.2) is 5.82 Å². The largest absolute Gasteiger partial charge is 0.276 e. The van der Waals surface area contributed by atoms with Crippen molar-refractivity contribution in [3.63, 3.8) is 0 Å². The molecule has 2 heterocycles. The van der Waals surface area contributed by atoms with Crippen molar-refractivity contribution in [3.05, 3.63) is 87.5 Å². The summed E-state index contributed by atoms with van der Waals surface area (Å²) in [6.07, 6.45) is 6.19. The molecule has 1 aromatic carbocycles. The third-order valence-corrected chi connectivity index (χ3v) is 4.87. The number of benzene rings is 1. The predicted molar refractivity (Wildman–Crippen MR) is 93.6 cm³/mol. The van der Waals surface area contributed by atoms with Gasteiger partial charge in [-0.2, -0.15) is 9.78 Å².